The first-order chi connectivity index (χ1) is 14.4. The van der Waals surface area contributed by atoms with Crippen LogP contribution in [-0.4, -0.2) is 64.1 Å². The lowest BCUT2D eigenvalue weighted by Gasteiger charge is -2.35. The smallest absolute Gasteiger partial charge is 0.253 e. The van der Waals surface area contributed by atoms with Crippen LogP contribution in [0.5, 0.6) is 0 Å². The van der Waals surface area contributed by atoms with E-state index in [1.807, 2.05) is 46.7 Å². The predicted octanol–water partition coefficient (Wildman–Crippen LogP) is 2.29. The van der Waals surface area contributed by atoms with Crippen molar-refractivity contribution in [2.45, 2.75) is 40.2 Å². The Bertz CT molecular complexity index is 972. The van der Waals surface area contributed by atoms with Gasteiger partial charge in [0.1, 0.15) is 0 Å². The van der Waals surface area contributed by atoms with Crippen LogP contribution in [0.2, 0.25) is 0 Å². The molecule has 0 atom stereocenters. The van der Waals surface area contributed by atoms with Crippen LogP contribution in [0.1, 0.15) is 46.2 Å². The number of benzene rings is 1. The highest BCUT2D eigenvalue weighted by Gasteiger charge is 2.27. The molecule has 1 aromatic heterocycles. The van der Waals surface area contributed by atoms with Gasteiger partial charge in [0.25, 0.3) is 5.91 Å². The summed E-state index contributed by atoms with van der Waals surface area (Å²) in [5, 5.41) is 4.51. The van der Waals surface area contributed by atoms with Gasteiger partial charge in [-0.15, -0.1) is 0 Å². The number of carbonyl (C=O) groups is 2. The third kappa shape index (κ3) is 3.74. The van der Waals surface area contributed by atoms with Crippen LogP contribution in [0.25, 0.3) is 0 Å². The number of nitrogens with zero attached hydrogens (tertiary/aromatic N) is 5. The first-order valence-electron chi connectivity index (χ1n) is 10.8. The van der Waals surface area contributed by atoms with Crippen LogP contribution in [0.15, 0.2) is 18.2 Å². The van der Waals surface area contributed by atoms with Crippen LogP contribution < -0.4 is 4.90 Å². The Morgan fingerprint density at radius 1 is 1.07 bits per heavy atom. The van der Waals surface area contributed by atoms with Crippen molar-refractivity contribution < 1.29 is 9.59 Å². The number of hydrogen-bond acceptors (Lipinski definition) is 4. The molecule has 1 fully saturated rings. The zero-order valence-corrected chi connectivity index (χ0v) is 18.4. The normalized spacial score (nSPS) is 16.8. The van der Waals surface area contributed by atoms with Crippen LogP contribution in [-0.2, 0) is 24.8 Å². The summed E-state index contributed by atoms with van der Waals surface area (Å²) >= 11 is 0. The number of piperazine rings is 1. The predicted molar refractivity (Wildman–Crippen MR) is 117 cm³/mol. The molecule has 30 heavy (non-hydrogen) atoms. The Balaban J connectivity index is 1.38. The number of amides is 2. The Morgan fingerprint density at radius 2 is 1.80 bits per heavy atom. The number of aryl methyl sites for hydroxylation is 2. The highest BCUT2D eigenvalue weighted by molar-refractivity contribution is 5.98. The summed E-state index contributed by atoms with van der Waals surface area (Å²) in [4.78, 5) is 31.3. The topological polar surface area (TPSA) is 61.7 Å². The molecular formula is C23H31N5O2. The second-order valence-corrected chi connectivity index (χ2v) is 8.33. The van der Waals surface area contributed by atoms with Crippen molar-refractivity contribution in [2.24, 2.45) is 7.05 Å². The quantitative estimate of drug-likeness (QED) is 0.777. The van der Waals surface area contributed by atoms with Gasteiger partial charge in [-0.25, -0.2) is 0 Å². The number of rotatable bonds is 4. The zero-order valence-electron chi connectivity index (χ0n) is 18.4. The van der Waals surface area contributed by atoms with E-state index in [4.69, 9.17) is 0 Å². The van der Waals surface area contributed by atoms with Crippen molar-refractivity contribution in [1.29, 1.82) is 0 Å². The van der Waals surface area contributed by atoms with Crippen molar-refractivity contribution in [2.75, 3.05) is 37.6 Å². The molecule has 0 bridgehead atoms. The van der Waals surface area contributed by atoms with Gasteiger partial charge in [0, 0.05) is 75.2 Å². The highest BCUT2D eigenvalue weighted by atomic mass is 16.2. The minimum Gasteiger partial charge on any atom is -0.336 e. The third-order valence-corrected chi connectivity index (χ3v) is 6.53. The van der Waals surface area contributed by atoms with Gasteiger partial charge in [0.2, 0.25) is 5.91 Å². The fourth-order valence-electron chi connectivity index (χ4n) is 4.55. The number of aromatic nitrogens is 2. The lowest BCUT2D eigenvalue weighted by Crippen LogP contribution is -2.48. The second-order valence-electron chi connectivity index (χ2n) is 8.33. The molecule has 3 heterocycles. The Kier molecular flexibility index (Phi) is 5.64. The largest absolute Gasteiger partial charge is 0.336 e. The van der Waals surface area contributed by atoms with Crippen LogP contribution in [0, 0.1) is 13.8 Å². The second kappa shape index (κ2) is 8.22. The molecule has 0 saturated carbocycles. The molecule has 2 amide bonds. The lowest BCUT2D eigenvalue weighted by atomic mass is 10.1. The first-order valence-corrected chi connectivity index (χ1v) is 10.8. The van der Waals surface area contributed by atoms with Gasteiger partial charge in [-0.1, -0.05) is 6.92 Å². The van der Waals surface area contributed by atoms with E-state index in [9.17, 15) is 9.59 Å². The van der Waals surface area contributed by atoms with E-state index < -0.39 is 0 Å². The maximum Gasteiger partial charge on any atom is 0.253 e. The Morgan fingerprint density at radius 3 is 2.43 bits per heavy atom. The van der Waals surface area contributed by atoms with E-state index >= 15 is 0 Å². The SMILES string of the molecule is CCC(=O)N1CCc2cc(C(=O)N3CCN(Cc4c(C)nn(C)c4C)CC3)ccc21. The summed E-state index contributed by atoms with van der Waals surface area (Å²) in [7, 11) is 1.98. The molecule has 0 N–H and O–H groups in total. The number of anilines is 1. The van der Waals surface area contributed by atoms with Crippen LogP contribution in [0.4, 0.5) is 5.69 Å². The number of hydrogen-bond donors (Lipinski definition) is 0. The Hall–Kier alpha value is -2.67. The van der Waals surface area contributed by atoms with Crippen molar-refractivity contribution in [3.05, 3.63) is 46.3 Å². The molecule has 2 aliphatic rings. The van der Waals surface area contributed by atoms with Gasteiger partial charge in [0.15, 0.2) is 0 Å². The van der Waals surface area contributed by atoms with E-state index in [1.165, 1.54) is 11.3 Å². The monoisotopic (exact) mass is 409 g/mol. The van der Waals surface area contributed by atoms with E-state index in [0.717, 1.165) is 61.7 Å². The van der Waals surface area contributed by atoms with Gasteiger partial charge < -0.3 is 9.80 Å². The van der Waals surface area contributed by atoms with Crippen molar-refractivity contribution >= 4 is 17.5 Å². The van der Waals surface area contributed by atoms with Gasteiger partial charge >= 0.3 is 0 Å². The number of carbonyl (C=O) groups excluding carboxylic acids is 2. The first kappa shape index (κ1) is 20.6. The van der Waals surface area contributed by atoms with Crippen molar-refractivity contribution in [3.8, 4) is 0 Å². The molecule has 1 saturated heterocycles. The Labute approximate surface area is 178 Å². The molecule has 0 radical (unpaired) electrons. The summed E-state index contributed by atoms with van der Waals surface area (Å²) in [6.45, 7) is 10.8. The standard InChI is InChI=1S/C23H31N5O2/c1-5-22(29)28-9-8-18-14-19(6-7-21(18)28)23(30)27-12-10-26(11-13-27)15-20-16(2)24-25(4)17(20)3/h6-7,14H,5,8-13,15H2,1-4H3. The van der Waals surface area contributed by atoms with E-state index in [2.05, 4.69) is 23.8 Å². The molecule has 4 rings (SSSR count). The molecule has 0 aliphatic carbocycles. The van der Waals surface area contributed by atoms with Crippen molar-refractivity contribution in [3.63, 3.8) is 0 Å². The minimum absolute atomic E-state index is 0.0893. The average molecular weight is 410 g/mol. The van der Waals surface area contributed by atoms with Gasteiger partial charge in [-0.05, 0) is 44.0 Å². The van der Waals surface area contributed by atoms with Crippen molar-refractivity contribution in [1.82, 2.24) is 19.6 Å². The summed E-state index contributed by atoms with van der Waals surface area (Å²) in [5.74, 6) is 0.231. The van der Waals surface area contributed by atoms with E-state index in [-0.39, 0.29) is 11.8 Å². The summed E-state index contributed by atoms with van der Waals surface area (Å²) in [5.41, 5.74) is 6.38. The number of fused-ring (bicyclic) bond motifs is 1. The fourth-order valence-corrected chi connectivity index (χ4v) is 4.55. The fraction of sp³-hybridized carbons (Fsp3) is 0.522. The molecular weight excluding hydrogens is 378 g/mol. The average Bonchev–Trinajstić information content (AvgIpc) is 3.28. The summed E-state index contributed by atoms with van der Waals surface area (Å²) in [6.07, 6.45) is 1.32. The van der Waals surface area contributed by atoms with Gasteiger partial charge in [0.05, 0.1) is 5.69 Å². The van der Waals surface area contributed by atoms with Crippen LogP contribution in [0.3, 0.4) is 0 Å². The maximum atomic E-state index is 13.1. The molecule has 160 valence electrons. The van der Waals surface area contributed by atoms with E-state index in [1.54, 1.807) is 0 Å². The summed E-state index contributed by atoms with van der Waals surface area (Å²) < 4.78 is 1.94. The lowest BCUT2D eigenvalue weighted by molar-refractivity contribution is -0.118. The molecule has 0 unspecified atom stereocenters. The summed E-state index contributed by atoms with van der Waals surface area (Å²) in [6, 6.07) is 5.79. The molecule has 2 aliphatic heterocycles. The molecule has 7 nitrogen and oxygen atoms in total. The zero-order chi connectivity index (χ0) is 21.4. The van der Waals surface area contributed by atoms with Gasteiger partial charge in [-0.3, -0.25) is 19.2 Å². The maximum absolute atomic E-state index is 13.1. The molecule has 7 heteroatoms. The third-order valence-electron chi connectivity index (χ3n) is 6.53. The van der Waals surface area contributed by atoms with Crippen LogP contribution >= 0.6 is 0 Å². The molecule has 1 aromatic carbocycles. The molecule has 0 spiro atoms. The van der Waals surface area contributed by atoms with E-state index in [0.29, 0.717) is 13.0 Å². The molecule has 2 aromatic rings. The minimum atomic E-state index is 0.0893. The highest BCUT2D eigenvalue weighted by Crippen LogP contribution is 2.30. The van der Waals surface area contributed by atoms with Gasteiger partial charge in [-0.2, -0.15) is 5.10 Å².